The third kappa shape index (κ3) is 6.90. The number of quaternary nitrogens is 1. The van der Waals surface area contributed by atoms with E-state index < -0.39 is 6.03 Å². The Balaban J connectivity index is 1.81. The first kappa shape index (κ1) is 20.7. The van der Waals surface area contributed by atoms with Crippen LogP contribution in [0.3, 0.4) is 0 Å². The van der Waals surface area contributed by atoms with Crippen molar-refractivity contribution in [1.29, 1.82) is 0 Å². The zero-order valence-electron chi connectivity index (χ0n) is 16.3. The molecule has 146 valence electrons. The predicted octanol–water partition coefficient (Wildman–Crippen LogP) is 2.52. The maximum atomic E-state index is 12.1. The lowest BCUT2D eigenvalue weighted by atomic mass is 9.94. The predicted molar refractivity (Wildman–Crippen MR) is 104 cm³/mol. The Labute approximate surface area is 160 Å². The van der Waals surface area contributed by atoms with E-state index in [1.54, 1.807) is 12.1 Å². The minimum absolute atomic E-state index is 0.164. The van der Waals surface area contributed by atoms with Crippen LogP contribution in [0.25, 0.3) is 0 Å². The van der Waals surface area contributed by atoms with Gasteiger partial charge in [0, 0.05) is 11.5 Å². The van der Waals surface area contributed by atoms with Gasteiger partial charge in [-0.2, -0.15) is 0 Å². The van der Waals surface area contributed by atoms with Gasteiger partial charge in [0.2, 0.25) is 0 Å². The molecule has 4 N–H and O–H groups in total. The fraction of sp³-hybridized carbons (Fsp3) is 0.429. The second-order valence-electron chi connectivity index (χ2n) is 7.01. The maximum absolute atomic E-state index is 12.1. The molecule has 6 nitrogen and oxygen atoms in total. The maximum Gasteiger partial charge on any atom is 0.321 e. The van der Waals surface area contributed by atoms with Gasteiger partial charge in [-0.1, -0.05) is 51.5 Å². The molecule has 0 spiro atoms. The van der Waals surface area contributed by atoms with Gasteiger partial charge in [0.25, 0.3) is 5.91 Å². The lowest BCUT2D eigenvalue weighted by Crippen LogP contribution is -2.88. The molecular weight excluding hydrogens is 342 g/mol. The molecule has 0 aliphatic rings. The number of carbonyl (C=O) groups excluding carboxylic acids is 2. The number of carbonyl (C=O) groups is 2. The van der Waals surface area contributed by atoms with Crippen molar-refractivity contribution < 1.29 is 19.3 Å². The number of rotatable bonds is 9. The number of nitrogens with one attached hydrogen (secondary N) is 2. The van der Waals surface area contributed by atoms with Crippen LogP contribution in [0.5, 0.6) is 0 Å². The summed E-state index contributed by atoms with van der Waals surface area (Å²) in [6.07, 6.45) is 3.74. The number of urea groups is 1. The average Bonchev–Trinajstić information content (AvgIpc) is 3.15. The van der Waals surface area contributed by atoms with Crippen molar-refractivity contribution in [3.05, 3.63) is 59.5 Å². The molecule has 2 rings (SSSR count). The van der Waals surface area contributed by atoms with E-state index in [1.807, 2.05) is 5.32 Å². The molecule has 0 fully saturated rings. The van der Waals surface area contributed by atoms with Crippen LogP contribution in [0.2, 0.25) is 0 Å². The standard InChI is InChI=1S/C21H29N3O3/c1-4-6-16-8-10-17(11-9-16)20(15(2)3)22-14-19(25)24-21(26)23-13-18-7-5-12-27-18/h5,7-12,15,20,22H,4,6,13-14H2,1-3H3,(H2,23,24,25,26)/p+1/t20-/m0/s1. The van der Waals surface area contributed by atoms with Crippen molar-refractivity contribution in [2.45, 2.75) is 46.2 Å². The van der Waals surface area contributed by atoms with E-state index in [1.165, 1.54) is 17.4 Å². The molecule has 0 aliphatic carbocycles. The van der Waals surface area contributed by atoms with Gasteiger partial charge in [-0.05, 0) is 24.1 Å². The summed E-state index contributed by atoms with van der Waals surface area (Å²) in [5, 5.41) is 6.93. The normalized spacial score (nSPS) is 12.0. The summed E-state index contributed by atoms with van der Waals surface area (Å²) >= 11 is 0. The number of furan rings is 1. The third-order valence-electron chi connectivity index (χ3n) is 4.43. The number of imide groups is 1. The first-order chi connectivity index (χ1) is 13.0. The SMILES string of the molecule is CCCc1ccc([C@@H]([NH2+]CC(=O)NC(=O)NCc2ccco2)C(C)C)cc1. The largest absolute Gasteiger partial charge is 0.467 e. The Hall–Kier alpha value is -2.60. The quantitative estimate of drug-likeness (QED) is 0.632. The molecule has 1 atom stereocenters. The van der Waals surface area contributed by atoms with E-state index in [2.05, 4.69) is 55.7 Å². The highest BCUT2D eigenvalue weighted by molar-refractivity contribution is 5.94. The van der Waals surface area contributed by atoms with Crippen molar-refractivity contribution in [3.8, 4) is 0 Å². The first-order valence-corrected chi connectivity index (χ1v) is 9.51. The molecule has 1 aromatic carbocycles. The number of hydrogen-bond acceptors (Lipinski definition) is 3. The fourth-order valence-electron chi connectivity index (χ4n) is 3.02. The molecular formula is C21H30N3O3+. The molecule has 0 radical (unpaired) electrons. The van der Waals surface area contributed by atoms with E-state index in [0.717, 1.165) is 12.8 Å². The van der Waals surface area contributed by atoms with Gasteiger partial charge >= 0.3 is 6.03 Å². The van der Waals surface area contributed by atoms with Gasteiger partial charge in [-0.15, -0.1) is 0 Å². The van der Waals surface area contributed by atoms with Gasteiger partial charge in [0.1, 0.15) is 11.8 Å². The van der Waals surface area contributed by atoms with E-state index in [-0.39, 0.29) is 25.0 Å². The van der Waals surface area contributed by atoms with Crippen LogP contribution in [-0.2, 0) is 17.8 Å². The van der Waals surface area contributed by atoms with Crippen molar-refractivity contribution in [2.24, 2.45) is 5.92 Å². The van der Waals surface area contributed by atoms with Crippen LogP contribution in [0.1, 0.15) is 50.1 Å². The topological polar surface area (TPSA) is 88.0 Å². The summed E-state index contributed by atoms with van der Waals surface area (Å²) in [7, 11) is 0. The zero-order valence-corrected chi connectivity index (χ0v) is 16.3. The lowest BCUT2D eigenvalue weighted by Gasteiger charge is -2.19. The Morgan fingerprint density at radius 1 is 1.15 bits per heavy atom. The summed E-state index contributed by atoms with van der Waals surface area (Å²) in [5.41, 5.74) is 2.52. The number of amides is 3. The van der Waals surface area contributed by atoms with Crippen molar-refractivity contribution in [1.82, 2.24) is 10.6 Å². The van der Waals surface area contributed by atoms with Crippen LogP contribution in [0.15, 0.2) is 47.1 Å². The van der Waals surface area contributed by atoms with Gasteiger partial charge in [-0.25, -0.2) is 4.79 Å². The van der Waals surface area contributed by atoms with Crippen molar-refractivity contribution >= 4 is 11.9 Å². The molecule has 1 heterocycles. The van der Waals surface area contributed by atoms with Crippen molar-refractivity contribution in [3.63, 3.8) is 0 Å². The summed E-state index contributed by atoms with van der Waals surface area (Å²) in [6.45, 7) is 6.87. The molecule has 1 aromatic heterocycles. The highest BCUT2D eigenvalue weighted by Gasteiger charge is 2.21. The molecule has 27 heavy (non-hydrogen) atoms. The Bertz CT molecular complexity index is 709. The fourth-order valence-corrected chi connectivity index (χ4v) is 3.02. The first-order valence-electron chi connectivity index (χ1n) is 9.51. The van der Waals surface area contributed by atoms with E-state index in [4.69, 9.17) is 4.42 Å². The summed E-state index contributed by atoms with van der Waals surface area (Å²) < 4.78 is 5.13. The second-order valence-corrected chi connectivity index (χ2v) is 7.01. The van der Waals surface area contributed by atoms with E-state index in [0.29, 0.717) is 11.7 Å². The summed E-state index contributed by atoms with van der Waals surface area (Å²) in [4.78, 5) is 23.9. The molecule has 0 unspecified atom stereocenters. The molecule has 2 aromatic rings. The molecule has 3 amide bonds. The third-order valence-corrected chi connectivity index (χ3v) is 4.43. The Morgan fingerprint density at radius 3 is 2.48 bits per heavy atom. The highest BCUT2D eigenvalue weighted by atomic mass is 16.3. The van der Waals surface area contributed by atoms with Crippen LogP contribution < -0.4 is 16.0 Å². The Kier molecular flexibility index (Phi) is 8.07. The minimum atomic E-state index is -0.519. The summed E-state index contributed by atoms with van der Waals surface area (Å²) in [5.74, 6) is 0.679. The van der Waals surface area contributed by atoms with Crippen molar-refractivity contribution in [2.75, 3.05) is 6.54 Å². The van der Waals surface area contributed by atoms with Gasteiger partial charge < -0.3 is 15.1 Å². The van der Waals surface area contributed by atoms with Gasteiger partial charge in [0.05, 0.1) is 12.8 Å². The highest BCUT2D eigenvalue weighted by Crippen LogP contribution is 2.18. The summed E-state index contributed by atoms with van der Waals surface area (Å²) in [6, 6.07) is 11.7. The molecule has 6 heteroatoms. The molecule has 0 bridgehead atoms. The molecule has 0 aliphatic heterocycles. The second kappa shape index (κ2) is 10.5. The minimum Gasteiger partial charge on any atom is -0.467 e. The number of hydrogen-bond donors (Lipinski definition) is 3. The van der Waals surface area contributed by atoms with E-state index in [9.17, 15) is 9.59 Å². The zero-order chi connectivity index (χ0) is 19.6. The average molecular weight is 372 g/mol. The lowest BCUT2D eigenvalue weighted by molar-refractivity contribution is -0.692. The van der Waals surface area contributed by atoms with Crippen LogP contribution >= 0.6 is 0 Å². The van der Waals surface area contributed by atoms with E-state index >= 15 is 0 Å². The van der Waals surface area contributed by atoms with Gasteiger partial charge in [0.15, 0.2) is 6.54 Å². The monoisotopic (exact) mass is 372 g/mol. The molecule has 0 saturated carbocycles. The van der Waals surface area contributed by atoms with Crippen LogP contribution in [-0.4, -0.2) is 18.5 Å². The molecule has 0 saturated heterocycles. The number of benzene rings is 1. The van der Waals surface area contributed by atoms with Crippen LogP contribution in [0.4, 0.5) is 4.79 Å². The number of nitrogens with two attached hydrogens (primary N) is 1. The smallest absolute Gasteiger partial charge is 0.321 e. The Morgan fingerprint density at radius 2 is 1.89 bits per heavy atom. The van der Waals surface area contributed by atoms with Crippen LogP contribution in [0, 0.1) is 5.92 Å². The number of aryl methyl sites for hydroxylation is 1. The van der Waals surface area contributed by atoms with Gasteiger partial charge in [-0.3, -0.25) is 10.1 Å².